The summed E-state index contributed by atoms with van der Waals surface area (Å²) in [4.78, 5) is 0. The molecule has 0 spiro atoms. The molecule has 0 bridgehead atoms. The Balaban J connectivity index is 4.11. The molecule has 0 amide bonds. The highest BCUT2D eigenvalue weighted by molar-refractivity contribution is 6.73. The van der Waals surface area contributed by atoms with Crippen LogP contribution in [-0.2, 0) is 13.9 Å². The van der Waals surface area contributed by atoms with Gasteiger partial charge in [-0.2, -0.15) is 0 Å². The molecular formula is C10H24O3Si. The van der Waals surface area contributed by atoms with Crippen molar-refractivity contribution < 1.29 is 13.9 Å². The van der Waals surface area contributed by atoms with Gasteiger partial charge in [-0.15, -0.1) is 0 Å². The van der Waals surface area contributed by atoms with Gasteiger partial charge in [-0.1, -0.05) is 6.92 Å². The topological polar surface area (TPSA) is 27.7 Å². The first kappa shape index (κ1) is 14.1. The maximum Gasteiger partial charge on any atom is 0.242 e. The summed E-state index contributed by atoms with van der Waals surface area (Å²) < 4.78 is 16.9. The lowest BCUT2D eigenvalue weighted by Crippen LogP contribution is -2.48. The Bertz CT molecular complexity index is 123. The molecule has 14 heavy (non-hydrogen) atoms. The fraction of sp³-hybridized carbons (Fsp3) is 1.00. The van der Waals surface area contributed by atoms with Crippen molar-refractivity contribution in [2.24, 2.45) is 0 Å². The van der Waals surface area contributed by atoms with E-state index < -0.39 is 8.32 Å². The summed E-state index contributed by atoms with van der Waals surface area (Å²) in [5.41, 5.74) is 0. The van der Waals surface area contributed by atoms with Crippen LogP contribution in [-0.4, -0.2) is 40.6 Å². The average Bonchev–Trinajstić information content (AvgIpc) is 2.22. The van der Waals surface area contributed by atoms with Gasteiger partial charge in [0.25, 0.3) is 0 Å². The Morgan fingerprint density at radius 2 is 1.29 bits per heavy atom. The third-order valence-corrected chi connectivity index (χ3v) is 5.88. The second-order valence-electron chi connectivity index (χ2n) is 3.24. The molecule has 3 nitrogen and oxygen atoms in total. The predicted molar refractivity (Wildman–Crippen MR) is 60.8 cm³/mol. The first-order valence-electron chi connectivity index (χ1n) is 5.54. The summed E-state index contributed by atoms with van der Waals surface area (Å²) in [5.74, 6) is 0. The van der Waals surface area contributed by atoms with Crippen molar-refractivity contribution in [3.05, 3.63) is 0 Å². The van der Waals surface area contributed by atoms with Gasteiger partial charge in [-0.05, 0) is 26.8 Å². The molecule has 0 saturated heterocycles. The van der Waals surface area contributed by atoms with Crippen LogP contribution in [0.15, 0.2) is 0 Å². The van der Waals surface area contributed by atoms with Gasteiger partial charge in [0.05, 0.1) is 12.5 Å². The maximum absolute atomic E-state index is 5.87. The average molecular weight is 220 g/mol. The largest absolute Gasteiger partial charge is 0.412 e. The first-order chi connectivity index (χ1) is 6.74. The van der Waals surface area contributed by atoms with E-state index in [2.05, 4.69) is 6.92 Å². The predicted octanol–water partition coefficient (Wildman–Crippen LogP) is 2.14. The van der Waals surface area contributed by atoms with Crippen LogP contribution < -0.4 is 0 Å². The fourth-order valence-electron chi connectivity index (χ4n) is 1.31. The molecule has 0 radical (unpaired) electrons. The zero-order valence-electron chi connectivity index (χ0n) is 9.97. The standard InChI is InChI=1S/C10H24O3Si/c1-5-11-9-14(8-4,13-7-3)10-12-6-2/h5-10H2,1-4H3. The number of hydrogen-bond acceptors (Lipinski definition) is 3. The second kappa shape index (κ2) is 8.41. The Kier molecular flexibility index (Phi) is 8.47. The van der Waals surface area contributed by atoms with Crippen LogP contribution in [0.5, 0.6) is 0 Å². The van der Waals surface area contributed by atoms with Crippen LogP contribution in [0.25, 0.3) is 0 Å². The van der Waals surface area contributed by atoms with Crippen LogP contribution in [0.4, 0.5) is 0 Å². The molecule has 0 fully saturated rings. The zero-order valence-corrected chi connectivity index (χ0v) is 11.0. The van der Waals surface area contributed by atoms with Crippen molar-refractivity contribution in [1.29, 1.82) is 0 Å². The molecule has 0 saturated carbocycles. The van der Waals surface area contributed by atoms with Crippen molar-refractivity contribution >= 4 is 8.32 Å². The highest BCUT2D eigenvalue weighted by Gasteiger charge is 2.33. The second-order valence-corrected chi connectivity index (χ2v) is 7.18. The summed E-state index contributed by atoms with van der Waals surface area (Å²) in [6.45, 7) is 10.5. The number of rotatable bonds is 9. The zero-order chi connectivity index (χ0) is 10.9. The lowest BCUT2D eigenvalue weighted by Gasteiger charge is -2.29. The Hall–Kier alpha value is 0.0969. The SMILES string of the molecule is CCOC[Si](CC)(COCC)OCC. The van der Waals surface area contributed by atoms with Gasteiger partial charge in [0.15, 0.2) is 0 Å². The Morgan fingerprint density at radius 3 is 1.57 bits per heavy atom. The van der Waals surface area contributed by atoms with Crippen LogP contribution in [0.3, 0.4) is 0 Å². The quantitative estimate of drug-likeness (QED) is 0.557. The lowest BCUT2D eigenvalue weighted by molar-refractivity contribution is 0.130. The molecule has 0 atom stereocenters. The van der Waals surface area contributed by atoms with E-state index in [9.17, 15) is 0 Å². The summed E-state index contributed by atoms with van der Waals surface area (Å²) in [6.07, 6.45) is 1.52. The van der Waals surface area contributed by atoms with E-state index in [0.717, 1.165) is 38.3 Å². The van der Waals surface area contributed by atoms with Crippen LogP contribution in [0.2, 0.25) is 6.04 Å². The third-order valence-electron chi connectivity index (χ3n) is 2.23. The minimum absolute atomic E-state index is 0.758. The summed E-state index contributed by atoms with van der Waals surface area (Å²) in [7, 11) is -1.76. The molecule has 0 aliphatic heterocycles. The van der Waals surface area contributed by atoms with Gasteiger partial charge in [0, 0.05) is 19.8 Å². The Morgan fingerprint density at radius 1 is 0.786 bits per heavy atom. The van der Waals surface area contributed by atoms with E-state index in [4.69, 9.17) is 13.9 Å². The molecule has 0 aliphatic carbocycles. The fourth-order valence-corrected chi connectivity index (χ4v) is 3.94. The molecule has 86 valence electrons. The van der Waals surface area contributed by atoms with Crippen molar-refractivity contribution in [3.63, 3.8) is 0 Å². The summed E-state index contributed by atoms with van der Waals surface area (Å²) >= 11 is 0. The van der Waals surface area contributed by atoms with Gasteiger partial charge in [0.1, 0.15) is 0 Å². The highest BCUT2D eigenvalue weighted by atomic mass is 28.4. The van der Waals surface area contributed by atoms with E-state index in [1.54, 1.807) is 0 Å². The molecule has 0 unspecified atom stereocenters. The Labute approximate surface area is 88.9 Å². The van der Waals surface area contributed by atoms with E-state index >= 15 is 0 Å². The van der Waals surface area contributed by atoms with Crippen LogP contribution >= 0.6 is 0 Å². The molecule has 0 aromatic rings. The van der Waals surface area contributed by atoms with Gasteiger partial charge < -0.3 is 13.9 Å². The van der Waals surface area contributed by atoms with Crippen molar-refractivity contribution in [2.75, 3.05) is 32.3 Å². The molecule has 0 heterocycles. The molecule has 4 heteroatoms. The van der Waals surface area contributed by atoms with E-state index in [1.807, 2.05) is 20.8 Å². The van der Waals surface area contributed by atoms with Crippen molar-refractivity contribution in [3.8, 4) is 0 Å². The summed E-state index contributed by atoms with van der Waals surface area (Å²) in [6, 6.07) is 1.06. The lowest BCUT2D eigenvalue weighted by atomic mass is 10.9. The molecule has 0 N–H and O–H groups in total. The van der Waals surface area contributed by atoms with E-state index in [-0.39, 0.29) is 0 Å². The number of hydrogen-bond donors (Lipinski definition) is 0. The molecule has 0 aromatic carbocycles. The van der Waals surface area contributed by atoms with Gasteiger partial charge in [-0.25, -0.2) is 0 Å². The van der Waals surface area contributed by atoms with Crippen molar-refractivity contribution in [1.82, 2.24) is 0 Å². The normalized spacial score (nSPS) is 12.0. The molecule has 0 aromatic heterocycles. The summed E-state index contributed by atoms with van der Waals surface area (Å²) in [5, 5.41) is 0. The van der Waals surface area contributed by atoms with E-state index in [0.29, 0.717) is 0 Å². The molecular weight excluding hydrogens is 196 g/mol. The monoisotopic (exact) mass is 220 g/mol. The third kappa shape index (κ3) is 5.10. The van der Waals surface area contributed by atoms with Crippen LogP contribution in [0, 0.1) is 0 Å². The van der Waals surface area contributed by atoms with Crippen LogP contribution in [0.1, 0.15) is 27.7 Å². The number of ether oxygens (including phenoxy) is 2. The first-order valence-corrected chi connectivity index (χ1v) is 8.07. The van der Waals surface area contributed by atoms with E-state index in [1.165, 1.54) is 0 Å². The smallest absolute Gasteiger partial charge is 0.242 e. The van der Waals surface area contributed by atoms with Crippen molar-refractivity contribution in [2.45, 2.75) is 33.7 Å². The van der Waals surface area contributed by atoms with Gasteiger partial charge >= 0.3 is 0 Å². The molecule has 0 rings (SSSR count). The molecule has 0 aliphatic rings. The van der Waals surface area contributed by atoms with Gasteiger partial charge in [-0.3, -0.25) is 0 Å². The van der Waals surface area contributed by atoms with Gasteiger partial charge in [0.2, 0.25) is 8.32 Å². The highest BCUT2D eigenvalue weighted by Crippen LogP contribution is 2.12. The minimum atomic E-state index is -1.76. The minimum Gasteiger partial charge on any atom is -0.412 e. The maximum atomic E-state index is 5.87.